The lowest BCUT2D eigenvalue weighted by Crippen LogP contribution is -1.95. The average Bonchev–Trinajstić information content (AvgIpc) is 2.69. The first-order chi connectivity index (χ1) is 11.8. The van der Waals surface area contributed by atoms with E-state index in [2.05, 4.69) is 12.1 Å². The molecule has 0 aromatic heterocycles. The second kappa shape index (κ2) is 13.1. The Bertz CT molecular complexity index is 564. The molecule has 0 atom stereocenters. The minimum atomic E-state index is 0.604. The van der Waals surface area contributed by atoms with E-state index in [-0.39, 0.29) is 0 Å². The molecule has 0 radical (unpaired) electrons. The summed E-state index contributed by atoms with van der Waals surface area (Å²) in [6, 6.07) is 13.9. The van der Waals surface area contributed by atoms with E-state index in [1.165, 1.54) is 0 Å². The van der Waals surface area contributed by atoms with Crippen molar-refractivity contribution in [3.05, 3.63) is 53.6 Å². The van der Waals surface area contributed by atoms with Crippen LogP contribution in [0.4, 0.5) is 0 Å². The van der Waals surface area contributed by atoms with Gasteiger partial charge < -0.3 is 14.2 Å². The van der Waals surface area contributed by atoms with Crippen molar-refractivity contribution in [2.45, 2.75) is 27.7 Å². The maximum Gasteiger partial charge on any atom is 0.203 e. The van der Waals surface area contributed by atoms with Crippen LogP contribution in [0.25, 0.3) is 12.2 Å². The van der Waals surface area contributed by atoms with E-state index in [0.717, 1.165) is 11.1 Å². The fourth-order valence-corrected chi connectivity index (χ4v) is 1.95. The lowest BCUT2D eigenvalue weighted by atomic mass is 10.1. The standard InChI is InChI=1S/C17H18O3.2C2H6/c1-18-15-11-14(12-16(19-2)17(15)20-3)10-9-13-7-5-4-6-8-13;2*1-2/h4-12H,1-3H3;2*1-2H3/b10-9-;;. The number of ether oxygens (including phenoxy) is 3. The zero-order chi connectivity index (χ0) is 18.4. The normalized spacial score (nSPS) is 9.29. The number of benzene rings is 2. The summed E-state index contributed by atoms with van der Waals surface area (Å²) >= 11 is 0. The summed E-state index contributed by atoms with van der Waals surface area (Å²) in [5.41, 5.74) is 2.13. The molecule has 0 fully saturated rings. The van der Waals surface area contributed by atoms with Crippen molar-refractivity contribution in [2.75, 3.05) is 21.3 Å². The molecule has 3 nitrogen and oxygen atoms in total. The smallest absolute Gasteiger partial charge is 0.203 e. The molecule has 0 saturated carbocycles. The van der Waals surface area contributed by atoms with Gasteiger partial charge in [-0.25, -0.2) is 0 Å². The van der Waals surface area contributed by atoms with Gasteiger partial charge >= 0.3 is 0 Å². The highest BCUT2D eigenvalue weighted by molar-refractivity contribution is 5.72. The van der Waals surface area contributed by atoms with Gasteiger partial charge in [-0.1, -0.05) is 70.2 Å². The van der Waals surface area contributed by atoms with Gasteiger partial charge in [-0.05, 0) is 23.3 Å². The van der Waals surface area contributed by atoms with Crippen molar-refractivity contribution in [3.63, 3.8) is 0 Å². The Morgan fingerprint density at radius 2 is 1.08 bits per heavy atom. The highest BCUT2D eigenvalue weighted by Crippen LogP contribution is 2.38. The first kappa shape index (κ1) is 21.6. The number of rotatable bonds is 5. The molecule has 2 rings (SSSR count). The Kier molecular flexibility index (Phi) is 11.7. The first-order valence-corrected chi connectivity index (χ1v) is 8.31. The van der Waals surface area contributed by atoms with Gasteiger partial charge in [-0.3, -0.25) is 0 Å². The van der Waals surface area contributed by atoms with Crippen LogP contribution in [-0.4, -0.2) is 21.3 Å². The predicted molar refractivity (Wildman–Crippen MR) is 104 cm³/mol. The van der Waals surface area contributed by atoms with Crippen molar-refractivity contribution >= 4 is 12.2 Å². The van der Waals surface area contributed by atoms with Gasteiger partial charge in [0.25, 0.3) is 0 Å². The molecule has 0 aliphatic carbocycles. The maximum absolute atomic E-state index is 5.33. The third kappa shape index (κ3) is 6.37. The minimum absolute atomic E-state index is 0.604. The van der Waals surface area contributed by atoms with Crippen LogP contribution in [0.15, 0.2) is 42.5 Å². The summed E-state index contributed by atoms with van der Waals surface area (Å²) in [6.45, 7) is 8.00. The predicted octanol–water partition coefficient (Wildman–Crippen LogP) is 5.94. The van der Waals surface area contributed by atoms with Crippen LogP contribution in [0.1, 0.15) is 38.8 Å². The van der Waals surface area contributed by atoms with E-state index >= 15 is 0 Å². The molecule has 0 aliphatic rings. The van der Waals surface area contributed by atoms with Crippen LogP contribution in [0.3, 0.4) is 0 Å². The zero-order valence-electron chi connectivity index (χ0n) is 15.9. The number of hydrogen-bond donors (Lipinski definition) is 0. The molecular formula is C21H30O3. The molecule has 0 amide bonds. The van der Waals surface area contributed by atoms with Gasteiger partial charge in [-0.2, -0.15) is 0 Å². The molecule has 132 valence electrons. The second-order valence-electron chi connectivity index (χ2n) is 4.20. The fraction of sp³-hybridized carbons (Fsp3) is 0.333. The summed E-state index contributed by atoms with van der Waals surface area (Å²) in [7, 11) is 4.82. The van der Waals surface area contributed by atoms with Crippen molar-refractivity contribution < 1.29 is 14.2 Å². The van der Waals surface area contributed by atoms with Gasteiger partial charge in [0.15, 0.2) is 11.5 Å². The van der Waals surface area contributed by atoms with E-state index in [0.29, 0.717) is 17.2 Å². The Labute approximate surface area is 146 Å². The molecule has 0 saturated heterocycles. The van der Waals surface area contributed by atoms with Gasteiger partial charge in [-0.15, -0.1) is 0 Å². The SMILES string of the molecule is CC.CC.COc1cc(/C=C\c2ccccc2)cc(OC)c1OC. The molecule has 0 heterocycles. The Hall–Kier alpha value is -2.42. The van der Waals surface area contributed by atoms with Crippen LogP contribution in [0.5, 0.6) is 17.2 Å². The number of methoxy groups -OCH3 is 3. The topological polar surface area (TPSA) is 27.7 Å². The second-order valence-corrected chi connectivity index (χ2v) is 4.20. The molecule has 3 heteroatoms. The Morgan fingerprint density at radius 1 is 0.625 bits per heavy atom. The van der Waals surface area contributed by atoms with Crippen LogP contribution >= 0.6 is 0 Å². The molecule has 2 aromatic carbocycles. The molecule has 2 aromatic rings. The van der Waals surface area contributed by atoms with E-state index in [1.54, 1.807) is 21.3 Å². The van der Waals surface area contributed by atoms with Crippen LogP contribution in [-0.2, 0) is 0 Å². The van der Waals surface area contributed by atoms with Crippen molar-refractivity contribution in [1.29, 1.82) is 0 Å². The molecule has 0 N–H and O–H groups in total. The number of hydrogen-bond acceptors (Lipinski definition) is 3. The molecule has 0 bridgehead atoms. The molecular weight excluding hydrogens is 300 g/mol. The quantitative estimate of drug-likeness (QED) is 0.635. The van der Waals surface area contributed by atoms with E-state index in [1.807, 2.05) is 70.2 Å². The Balaban J connectivity index is 0.00000123. The average molecular weight is 330 g/mol. The molecule has 0 aliphatic heterocycles. The van der Waals surface area contributed by atoms with Crippen LogP contribution in [0.2, 0.25) is 0 Å². The minimum Gasteiger partial charge on any atom is -0.493 e. The zero-order valence-corrected chi connectivity index (χ0v) is 15.9. The highest BCUT2D eigenvalue weighted by atomic mass is 16.5. The van der Waals surface area contributed by atoms with Crippen molar-refractivity contribution in [1.82, 2.24) is 0 Å². The van der Waals surface area contributed by atoms with Crippen molar-refractivity contribution in [3.8, 4) is 17.2 Å². The lowest BCUT2D eigenvalue weighted by molar-refractivity contribution is 0.324. The third-order valence-corrected chi connectivity index (χ3v) is 2.95. The van der Waals surface area contributed by atoms with Crippen molar-refractivity contribution in [2.24, 2.45) is 0 Å². The Morgan fingerprint density at radius 3 is 1.50 bits per heavy atom. The highest BCUT2D eigenvalue weighted by Gasteiger charge is 2.11. The monoisotopic (exact) mass is 330 g/mol. The summed E-state index contributed by atoms with van der Waals surface area (Å²) in [5.74, 6) is 1.91. The van der Waals surface area contributed by atoms with Crippen LogP contribution in [0, 0.1) is 0 Å². The van der Waals surface area contributed by atoms with Crippen LogP contribution < -0.4 is 14.2 Å². The summed E-state index contributed by atoms with van der Waals surface area (Å²) in [5, 5.41) is 0. The van der Waals surface area contributed by atoms with Gasteiger partial charge in [0, 0.05) is 0 Å². The molecule has 0 spiro atoms. The lowest BCUT2D eigenvalue weighted by Gasteiger charge is -2.12. The van der Waals surface area contributed by atoms with Gasteiger partial charge in [0.2, 0.25) is 5.75 Å². The first-order valence-electron chi connectivity index (χ1n) is 8.31. The van der Waals surface area contributed by atoms with E-state index < -0.39 is 0 Å². The molecule has 24 heavy (non-hydrogen) atoms. The largest absolute Gasteiger partial charge is 0.493 e. The summed E-state index contributed by atoms with van der Waals surface area (Å²) in [6.07, 6.45) is 4.06. The summed E-state index contributed by atoms with van der Waals surface area (Å²) < 4.78 is 16.0. The van der Waals surface area contributed by atoms with E-state index in [4.69, 9.17) is 14.2 Å². The molecule has 0 unspecified atom stereocenters. The van der Waals surface area contributed by atoms with E-state index in [9.17, 15) is 0 Å². The van der Waals surface area contributed by atoms with Gasteiger partial charge in [0.1, 0.15) is 0 Å². The summed E-state index contributed by atoms with van der Waals surface area (Å²) in [4.78, 5) is 0. The third-order valence-electron chi connectivity index (χ3n) is 2.95. The fourth-order valence-electron chi connectivity index (χ4n) is 1.95. The maximum atomic E-state index is 5.33. The van der Waals surface area contributed by atoms with Gasteiger partial charge in [0.05, 0.1) is 21.3 Å².